The maximum atomic E-state index is 4.41. The van der Waals surface area contributed by atoms with Crippen molar-refractivity contribution in [3.63, 3.8) is 0 Å². The molecule has 0 atom stereocenters. The quantitative estimate of drug-likeness (QED) is 0.774. The summed E-state index contributed by atoms with van der Waals surface area (Å²) in [5, 5.41) is 8.68. The standard InChI is InChI=1S/C15H16N4S/c1-2-8-16-15-17-10-14(20-15)12-9-18-19(11-12)13-6-4-3-5-7-13/h3-7,9-11H,2,8H2,1H3,(H,16,17). The third-order valence-corrected chi connectivity index (χ3v) is 3.92. The minimum atomic E-state index is 0.955. The summed E-state index contributed by atoms with van der Waals surface area (Å²) >= 11 is 1.66. The van der Waals surface area contributed by atoms with Crippen LogP contribution < -0.4 is 5.32 Å². The first kappa shape index (κ1) is 12.9. The van der Waals surface area contributed by atoms with E-state index in [1.165, 1.54) is 0 Å². The molecule has 0 aliphatic heterocycles. The highest BCUT2D eigenvalue weighted by atomic mass is 32.1. The van der Waals surface area contributed by atoms with E-state index >= 15 is 0 Å². The van der Waals surface area contributed by atoms with Crippen LogP contribution >= 0.6 is 11.3 Å². The number of benzene rings is 1. The zero-order chi connectivity index (χ0) is 13.8. The van der Waals surface area contributed by atoms with E-state index in [-0.39, 0.29) is 0 Å². The molecule has 0 spiro atoms. The Hall–Kier alpha value is -2.14. The van der Waals surface area contributed by atoms with Gasteiger partial charge in [0.2, 0.25) is 0 Å². The molecular weight excluding hydrogens is 268 g/mol. The molecule has 0 saturated carbocycles. The fraction of sp³-hybridized carbons (Fsp3) is 0.200. The molecule has 3 rings (SSSR count). The SMILES string of the molecule is CCCNc1ncc(-c2cnn(-c3ccccc3)c2)s1. The Morgan fingerprint density at radius 2 is 2.05 bits per heavy atom. The summed E-state index contributed by atoms with van der Waals surface area (Å²) < 4.78 is 1.88. The predicted octanol–water partition coefficient (Wildman–Crippen LogP) is 3.82. The van der Waals surface area contributed by atoms with Crippen LogP contribution in [0.5, 0.6) is 0 Å². The van der Waals surface area contributed by atoms with Crippen LogP contribution in [0.25, 0.3) is 16.1 Å². The van der Waals surface area contributed by atoms with Crippen LogP contribution in [0.4, 0.5) is 5.13 Å². The van der Waals surface area contributed by atoms with Crippen molar-refractivity contribution in [3.05, 3.63) is 48.9 Å². The Bertz CT molecular complexity index is 672. The molecule has 102 valence electrons. The van der Waals surface area contributed by atoms with Crippen molar-refractivity contribution in [3.8, 4) is 16.1 Å². The highest BCUT2D eigenvalue weighted by molar-refractivity contribution is 7.18. The molecular formula is C15H16N4S. The number of para-hydroxylation sites is 1. The van der Waals surface area contributed by atoms with Gasteiger partial charge in [-0.3, -0.25) is 0 Å². The molecule has 0 amide bonds. The van der Waals surface area contributed by atoms with Crippen molar-refractivity contribution in [2.45, 2.75) is 13.3 Å². The fourth-order valence-electron chi connectivity index (χ4n) is 1.89. The molecule has 0 unspecified atom stereocenters. The molecule has 0 bridgehead atoms. The molecule has 0 aliphatic carbocycles. The second-order valence-corrected chi connectivity index (χ2v) is 5.50. The van der Waals surface area contributed by atoms with Crippen molar-refractivity contribution < 1.29 is 0 Å². The van der Waals surface area contributed by atoms with E-state index in [0.29, 0.717) is 0 Å². The molecule has 3 aromatic rings. The average Bonchev–Trinajstić information content (AvgIpc) is 3.15. The third-order valence-electron chi connectivity index (χ3n) is 2.92. The number of thiazole rings is 1. The Morgan fingerprint density at radius 3 is 2.85 bits per heavy atom. The van der Waals surface area contributed by atoms with E-state index < -0.39 is 0 Å². The first-order valence-corrected chi connectivity index (χ1v) is 7.48. The number of rotatable bonds is 5. The lowest BCUT2D eigenvalue weighted by Gasteiger charge is -1.98. The lowest BCUT2D eigenvalue weighted by atomic mass is 10.3. The van der Waals surface area contributed by atoms with E-state index in [2.05, 4.69) is 22.3 Å². The number of anilines is 1. The van der Waals surface area contributed by atoms with E-state index in [1.807, 2.05) is 53.6 Å². The third kappa shape index (κ3) is 2.72. The molecule has 1 N–H and O–H groups in total. The number of aromatic nitrogens is 3. The van der Waals surface area contributed by atoms with Crippen molar-refractivity contribution in [2.24, 2.45) is 0 Å². The average molecular weight is 284 g/mol. The van der Waals surface area contributed by atoms with Gasteiger partial charge in [-0.15, -0.1) is 0 Å². The van der Waals surface area contributed by atoms with Gasteiger partial charge in [-0.1, -0.05) is 36.5 Å². The first-order chi connectivity index (χ1) is 9.86. The van der Waals surface area contributed by atoms with Crippen LogP contribution in [-0.2, 0) is 0 Å². The molecule has 20 heavy (non-hydrogen) atoms. The number of hydrogen-bond donors (Lipinski definition) is 1. The Balaban J connectivity index is 1.81. The van der Waals surface area contributed by atoms with Gasteiger partial charge in [0.25, 0.3) is 0 Å². The highest BCUT2D eigenvalue weighted by Crippen LogP contribution is 2.29. The molecule has 0 aliphatic rings. The largest absolute Gasteiger partial charge is 0.362 e. The summed E-state index contributed by atoms with van der Waals surface area (Å²) in [6.07, 6.45) is 6.91. The van der Waals surface area contributed by atoms with Crippen LogP contribution in [0.15, 0.2) is 48.9 Å². The zero-order valence-corrected chi connectivity index (χ0v) is 12.1. The number of nitrogens with zero attached hydrogens (tertiary/aromatic N) is 3. The number of hydrogen-bond acceptors (Lipinski definition) is 4. The van der Waals surface area contributed by atoms with Crippen LogP contribution in [0, 0.1) is 0 Å². The molecule has 1 aromatic carbocycles. The van der Waals surface area contributed by atoms with Gasteiger partial charge in [-0.2, -0.15) is 5.10 Å². The minimum absolute atomic E-state index is 0.955. The summed E-state index contributed by atoms with van der Waals surface area (Å²) in [5.74, 6) is 0. The molecule has 4 nitrogen and oxygen atoms in total. The molecule has 2 heterocycles. The maximum Gasteiger partial charge on any atom is 0.183 e. The van der Waals surface area contributed by atoms with Gasteiger partial charge in [0, 0.05) is 24.5 Å². The predicted molar refractivity (Wildman–Crippen MR) is 83.5 cm³/mol. The van der Waals surface area contributed by atoms with Crippen molar-refractivity contribution in [1.82, 2.24) is 14.8 Å². The lowest BCUT2D eigenvalue weighted by Crippen LogP contribution is -1.97. The first-order valence-electron chi connectivity index (χ1n) is 6.67. The van der Waals surface area contributed by atoms with Gasteiger partial charge in [0.1, 0.15) is 0 Å². The zero-order valence-electron chi connectivity index (χ0n) is 11.3. The normalized spacial score (nSPS) is 10.7. The highest BCUT2D eigenvalue weighted by Gasteiger charge is 2.07. The minimum Gasteiger partial charge on any atom is -0.362 e. The molecule has 0 fully saturated rings. The summed E-state index contributed by atoms with van der Waals surface area (Å²) in [6, 6.07) is 10.1. The summed E-state index contributed by atoms with van der Waals surface area (Å²) in [4.78, 5) is 5.51. The van der Waals surface area contributed by atoms with Gasteiger partial charge >= 0.3 is 0 Å². The van der Waals surface area contributed by atoms with E-state index in [4.69, 9.17) is 0 Å². The van der Waals surface area contributed by atoms with Gasteiger partial charge in [0.15, 0.2) is 5.13 Å². The smallest absolute Gasteiger partial charge is 0.183 e. The molecule has 5 heteroatoms. The maximum absolute atomic E-state index is 4.41. The Kier molecular flexibility index (Phi) is 3.78. The Morgan fingerprint density at radius 1 is 1.20 bits per heavy atom. The summed E-state index contributed by atoms with van der Waals surface area (Å²) in [5.41, 5.74) is 2.16. The Labute approximate surface area is 122 Å². The second-order valence-electron chi connectivity index (χ2n) is 4.47. The fourth-order valence-corrected chi connectivity index (χ4v) is 2.71. The van der Waals surface area contributed by atoms with E-state index in [1.54, 1.807) is 11.3 Å². The van der Waals surface area contributed by atoms with Crippen LogP contribution in [0.2, 0.25) is 0 Å². The van der Waals surface area contributed by atoms with Crippen LogP contribution in [0.3, 0.4) is 0 Å². The van der Waals surface area contributed by atoms with Crippen LogP contribution in [0.1, 0.15) is 13.3 Å². The molecule has 0 saturated heterocycles. The number of nitrogens with one attached hydrogen (secondary N) is 1. The lowest BCUT2D eigenvalue weighted by molar-refractivity contribution is 0.881. The summed E-state index contributed by atoms with van der Waals surface area (Å²) in [6.45, 7) is 3.10. The van der Waals surface area contributed by atoms with Crippen molar-refractivity contribution in [1.29, 1.82) is 0 Å². The monoisotopic (exact) mass is 284 g/mol. The molecule has 0 radical (unpaired) electrons. The molecule has 2 aromatic heterocycles. The van der Waals surface area contributed by atoms with Gasteiger partial charge in [0.05, 0.1) is 16.8 Å². The van der Waals surface area contributed by atoms with E-state index in [0.717, 1.165) is 34.2 Å². The second kappa shape index (κ2) is 5.88. The van der Waals surface area contributed by atoms with Gasteiger partial charge in [-0.25, -0.2) is 9.67 Å². The van der Waals surface area contributed by atoms with Gasteiger partial charge in [-0.05, 0) is 18.6 Å². The van der Waals surface area contributed by atoms with Gasteiger partial charge < -0.3 is 5.32 Å². The summed E-state index contributed by atoms with van der Waals surface area (Å²) in [7, 11) is 0. The van der Waals surface area contributed by atoms with E-state index in [9.17, 15) is 0 Å². The topological polar surface area (TPSA) is 42.7 Å². The van der Waals surface area contributed by atoms with Crippen molar-refractivity contribution in [2.75, 3.05) is 11.9 Å². The van der Waals surface area contributed by atoms with Crippen LogP contribution in [-0.4, -0.2) is 21.3 Å². The van der Waals surface area contributed by atoms with Crippen molar-refractivity contribution >= 4 is 16.5 Å².